The summed E-state index contributed by atoms with van der Waals surface area (Å²) >= 11 is 0. The lowest BCUT2D eigenvalue weighted by Crippen LogP contribution is -2.14. The van der Waals surface area contributed by atoms with E-state index in [0.29, 0.717) is 5.82 Å². The molecule has 2 aromatic carbocycles. The predicted octanol–water partition coefficient (Wildman–Crippen LogP) is 3.78. The maximum absolute atomic E-state index is 9.49. The van der Waals surface area contributed by atoms with Crippen LogP contribution in [-0.2, 0) is 6.61 Å². The van der Waals surface area contributed by atoms with Crippen molar-refractivity contribution in [1.82, 2.24) is 4.98 Å². The molecule has 0 bridgehead atoms. The molecule has 0 aliphatic heterocycles. The first-order valence-electron chi connectivity index (χ1n) is 7.29. The van der Waals surface area contributed by atoms with Gasteiger partial charge in [-0.15, -0.1) is 0 Å². The summed E-state index contributed by atoms with van der Waals surface area (Å²) in [4.78, 5) is 4.37. The zero-order valence-corrected chi connectivity index (χ0v) is 12.2. The molecule has 0 radical (unpaired) electrons. The van der Waals surface area contributed by atoms with Gasteiger partial charge in [0.2, 0.25) is 0 Å². The van der Waals surface area contributed by atoms with Crippen molar-refractivity contribution in [2.24, 2.45) is 0 Å². The highest BCUT2D eigenvalue weighted by Crippen LogP contribution is 2.27. The number of benzene rings is 2. The summed E-state index contributed by atoms with van der Waals surface area (Å²) in [5, 5.41) is 13.0. The first kappa shape index (κ1) is 14.3. The molecular formula is C19H18N2O. The Morgan fingerprint density at radius 1 is 0.818 bits per heavy atom. The van der Waals surface area contributed by atoms with E-state index in [9.17, 15) is 5.11 Å². The second-order valence-electron chi connectivity index (χ2n) is 5.07. The Bertz CT molecular complexity index is 674. The highest BCUT2D eigenvalue weighted by Gasteiger charge is 2.15. The maximum atomic E-state index is 9.49. The first-order chi connectivity index (χ1) is 10.9. The van der Waals surface area contributed by atoms with E-state index in [2.05, 4.69) is 34.6 Å². The Morgan fingerprint density at radius 3 is 1.95 bits per heavy atom. The van der Waals surface area contributed by atoms with Crippen molar-refractivity contribution in [3.05, 3.63) is 95.7 Å². The van der Waals surface area contributed by atoms with E-state index in [1.165, 1.54) is 0 Å². The molecule has 110 valence electrons. The third-order valence-electron chi connectivity index (χ3n) is 3.61. The summed E-state index contributed by atoms with van der Waals surface area (Å²) in [7, 11) is 0. The van der Waals surface area contributed by atoms with Gasteiger partial charge in [-0.3, -0.25) is 0 Å². The van der Waals surface area contributed by atoms with E-state index in [4.69, 9.17) is 0 Å². The van der Waals surface area contributed by atoms with Crippen LogP contribution in [-0.4, -0.2) is 10.1 Å². The van der Waals surface area contributed by atoms with Gasteiger partial charge in [0.25, 0.3) is 0 Å². The molecule has 3 nitrogen and oxygen atoms in total. The second kappa shape index (κ2) is 6.87. The number of aromatic nitrogens is 1. The molecule has 0 aliphatic carbocycles. The highest BCUT2D eigenvalue weighted by atomic mass is 16.3. The summed E-state index contributed by atoms with van der Waals surface area (Å²) in [6, 6.07) is 24.2. The normalized spacial score (nSPS) is 10.6. The number of aliphatic hydroxyl groups excluding tert-OH is 1. The van der Waals surface area contributed by atoms with Gasteiger partial charge >= 0.3 is 0 Å². The number of aliphatic hydroxyl groups is 1. The van der Waals surface area contributed by atoms with Crippen LogP contribution >= 0.6 is 0 Å². The monoisotopic (exact) mass is 290 g/mol. The number of nitrogens with zero attached hydrogens (tertiary/aromatic N) is 1. The minimum absolute atomic E-state index is 0.0115. The minimum atomic E-state index is -0.0352. The van der Waals surface area contributed by atoms with Crippen molar-refractivity contribution >= 4 is 5.82 Å². The fourth-order valence-corrected chi connectivity index (χ4v) is 2.48. The molecule has 0 saturated carbocycles. The lowest BCUT2D eigenvalue weighted by Gasteiger charge is -2.21. The Hall–Kier alpha value is -2.65. The van der Waals surface area contributed by atoms with Gasteiger partial charge in [-0.25, -0.2) is 4.98 Å². The van der Waals surface area contributed by atoms with Crippen LogP contribution in [0.5, 0.6) is 0 Å². The molecule has 0 saturated heterocycles. The highest BCUT2D eigenvalue weighted by molar-refractivity contribution is 5.49. The van der Waals surface area contributed by atoms with E-state index in [1.807, 2.05) is 48.5 Å². The number of hydrogen-bond acceptors (Lipinski definition) is 3. The van der Waals surface area contributed by atoms with Crippen molar-refractivity contribution in [2.45, 2.75) is 12.6 Å². The first-order valence-corrected chi connectivity index (χ1v) is 7.29. The molecule has 22 heavy (non-hydrogen) atoms. The Kier molecular flexibility index (Phi) is 4.47. The van der Waals surface area contributed by atoms with Gasteiger partial charge in [-0.1, -0.05) is 66.7 Å². The lowest BCUT2D eigenvalue weighted by atomic mass is 9.98. The van der Waals surface area contributed by atoms with Crippen molar-refractivity contribution < 1.29 is 5.11 Å². The van der Waals surface area contributed by atoms with E-state index in [0.717, 1.165) is 16.7 Å². The topological polar surface area (TPSA) is 45.2 Å². The van der Waals surface area contributed by atoms with E-state index >= 15 is 0 Å². The molecule has 3 heteroatoms. The molecule has 1 heterocycles. The van der Waals surface area contributed by atoms with Crippen molar-refractivity contribution in [3.8, 4) is 0 Å². The number of rotatable bonds is 5. The Morgan fingerprint density at radius 2 is 1.41 bits per heavy atom. The van der Waals surface area contributed by atoms with Gasteiger partial charge in [0.1, 0.15) is 5.82 Å². The third kappa shape index (κ3) is 3.15. The number of anilines is 1. The van der Waals surface area contributed by atoms with Gasteiger partial charge in [-0.05, 0) is 17.2 Å². The molecule has 2 N–H and O–H groups in total. The summed E-state index contributed by atoms with van der Waals surface area (Å²) in [5.41, 5.74) is 3.10. The summed E-state index contributed by atoms with van der Waals surface area (Å²) in [5.74, 6) is 0.711. The molecule has 0 amide bonds. The largest absolute Gasteiger partial charge is 0.392 e. The van der Waals surface area contributed by atoms with E-state index in [-0.39, 0.29) is 12.6 Å². The molecule has 1 aromatic heterocycles. The van der Waals surface area contributed by atoms with Crippen molar-refractivity contribution in [2.75, 3.05) is 5.32 Å². The van der Waals surface area contributed by atoms with Gasteiger partial charge in [0.05, 0.1) is 12.6 Å². The van der Waals surface area contributed by atoms with E-state index in [1.54, 1.807) is 6.20 Å². The molecule has 3 aromatic rings. The molecule has 0 atom stereocenters. The predicted molar refractivity (Wildman–Crippen MR) is 88.5 cm³/mol. The Labute approximate surface area is 130 Å². The standard InChI is InChI=1S/C19H18N2O/c22-14-17-12-7-13-20-19(17)21-18(15-8-3-1-4-9-15)16-10-5-2-6-11-16/h1-13,18,22H,14H2,(H,20,21). The summed E-state index contributed by atoms with van der Waals surface area (Å²) in [6.07, 6.45) is 1.73. The van der Waals surface area contributed by atoms with Crippen molar-refractivity contribution in [1.29, 1.82) is 0 Å². The van der Waals surface area contributed by atoms with Crippen LogP contribution in [0.15, 0.2) is 79.0 Å². The van der Waals surface area contributed by atoms with Crippen LogP contribution in [0.25, 0.3) is 0 Å². The molecular weight excluding hydrogens is 272 g/mol. The van der Waals surface area contributed by atoms with Gasteiger partial charge < -0.3 is 10.4 Å². The minimum Gasteiger partial charge on any atom is -0.392 e. The van der Waals surface area contributed by atoms with Crippen molar-refractivity contribution in [3.63, 3.8) is 0 Å². The van der Waals surface area contributed by atoms with E-state index < -0.39 is 0 Å². The van der Waals surface area contributed by atoms with Crippen LogP contribution in [0.2, 0.25) is 0 Å². The second-order valence-corrected chi connectivity index (χ2v) is 5.07. The summed E-state index contributed by atoms with van der Waals surface area (Å²) in [6.45, 7) is -0.0352. The molecule has 0 fully saturated rings. The van der Waals surface area contributed by atoms with Crippen LogP contribution in [0.4, 0.5) is 5.82 Å². The van der Waals surface area contributed by atoms with Crippen LogP contribution in [0, 0.1) is 0 Å². The van der Waals surface area contributed by atoms with Crippen LogP contribution in [0.1, 0.15) is 22.7 Å². The smallest absolute Gasteiger partial charge is 0.132 e. The fourth-order valence-electron chi connectivity index (χ4n) is 2.48. The molecule has 0 spiro atoms. The summed E-state index contributed by atoms with van der Waals surface area (Å²) < 4.78 is 0. The molecule has 0 aliphatic rings. The van der Waals surface area contributed by atoms with Crippen LogP contribution < -0.4 is 5.32 Å². The third-order valence-corrected chi connectivity index (χ3v) is 3.61. The maximum Gasteiger partial charge on any atom is 0.132 e. The lowest BCUT2D eigenvalue weighted by molar-refractivity contribution is 0.282. The average molecular weight is 290 g/mol. The zero-order chi connectivity index (χ0) is 15.2. The molecule has 3 rings (SSSR count). The van der Waals surface area contributed by atoms with Crippen LogP contribution in [0.3, 0.4) is 0 Å². The van der Waals surface area contributed by atoms with Gasteiger partial charge in [0, 0.05) is 11.8 Å². The quantitative estimate of drug-likeness (QED) is 0.751. The molecule has 0 unspecified atom stereocenters. The van der Waals surface area contributed by atoms with Gasteiger partial charge in [0.15, 0.2) is 0 Å². The number of pyridine rings is 1. The number of nitrogens with one attached hydrogen (secondary N) is 1. The van der Waals surface area contributed by atoms with Gasteiger partial charge in [-0.2, -0.15) is 0 Å². The average Bonchev–Trinajstić information content (AvgIpc) is 2.61. The SMILES string of the molecule is OCc1cccnc1NC(c1ccccc1)c1ccccc1. The Balaban J connectivity index is 1.99. The fraction of sp³-hybridized carbons (Fsp3) is 0.105. The zero-order valence-electron chi connectivity index (χ0n) is 12.2. The number of hydrogen-bond donors (Lipinski definition) is 2.